The fraction of sp³-hybridized carbons (Fsp3) is 0.278. The summed E-state index contributed by atoms with van der Waals surface area (Å²) in [6.07, 6.45) is -2.76. The molecule has 0 spiro atoms. The molecule has 3 heterocycles. The van der Waals surface area contributed by atoms with Gasteiger partial charge in [-0.3, -0.25) is 4.79 Å². The van der Waals surface area contributed by atoms with E-state index in [1.807, 2.05) is 0 Å². The third-order valence-electron chi connectivity index (χ3n) is 4.52. The number of hydrogen-bond acceptors (Lipinski definition) is 4. The van der Waals surface area contributed by atoms with Crippen LogP contribution in [-0.2, 0) is 17.5 Å². The number of carbonyl (C=O) groups excluding carboxylic acids is 1. The topological polar surface area (TPSA) is 73.0 Å². The number of carbonyl (C=O) groups is 1. The molecule has 4 rings (SSSR count). The summed E-state index contributed by atoms with van der Waals surface area (Å²) in [5.41, 5.74) is 0.723. The highest BCUT2D eigenvalue weighted by atomic mass is 19.4. The Labute approximate surface area is 152 Å². The summed E-state index contributed by atoms with van der Waals surface area (Å²) in [7, 11) is 0. The van der Waals surface area contributed by atoms with E-state index in [-0.39, 0.29) is 30.4 Å². The maximum absolute atomic E-state index is 13.2. The highest BCUT2D eigenvalue weighted by molar-refractivity contribution is 5.94. The van der Waals surface area contributed by atoms with Gasteiger partial charge >= 0.3 is 6.18 Å². The monoisotopic (exact) mass is 376 g/mol. The average Bonchev–Trinajstić information content (AvgIpc) is 3.21. The van der Waals surface area contributed by atoms with Gasteiger partial charge in [0, 0.05) is 18.1 Å². The van der Waals surface area contributed by atoms with Gasteiger partial charge in [0.15, 0.2) is 0 Å². The molecular formula is C18H15F3N4O2. The first-order valence-electron chi connectivity index (χ1n) is 8.27. The minimum absolute atomic E-state index is 0.0720. The molecule has 1 N–H and O–H groups in total. The SMILES string of the molecule is Cc1cc(C2CC(=O)Nc3c2cnn3Cc2ccccc2C(F)(F)F)on1. The standard InChI is InChI=1S/C18H15F3N4O2/c1-10-6-15(27-24-10)12-7-16(26)23-17-13(12)8-22-25(17)9-11-4-2-3-5-14(11)18(19,20)21/h2-6,8,12H,7,9H2,1H3,(H,23,26). The quantitative estimate of drug-likeness (QED) is 0.756. The van der Waals surface area contributed by atoms with E-state index >= 15 is 0 Å². The van der Waals surface area contributed by atoms with Crippen molar-refractivity contribution in [3.05, 3.63) is 64.7 Å². The molecule has 1 aliphatic heterocycles. The highest BCUT2D eigenvalue weighted by Gasteiger charge is 2.35. The lowest BCUT2D eigenvalue weighted by atomic mass is 9.92. The van der Waals surface area contributed by atoms with Gasteiger partial charge < -0.3 is 9.84 Å². The number of hydrogen-bond donors (Lipinski definition) is 1. The number of anilines is 1. The molecule has 0 saturated heterocycles. The Morgan fingerprint density at radius 3 is 2.81 bits per heavy atom. The smallest absolute Gasteiger partial charge is 0.360 e. The van der Waals surface area contributed by atoms with Gasteiger partial charge in [0.05, 0.1) is 29.9 Å². The van der Waals surface area contributed by atoms with E-state index in [0.29, 0.717) is 22.8 Å². The first-order valence-corrected chi connectivity index (χ1v) is 8.27. The van der Waals surface area contributed by atoms with E-state index in [9.17, 15) is 18.0 Å². The minimum Gasteiger partial charge on any atom is -0.360 e. The van der Waals surface area contributed by atoms with E-state index in [1.165, 1.54) is 16.8 Å². The second-order valence-electron chi connectivity index (χ2n) is 6.44. The molecule has 140 valence electrons. The molecule has 1 atom stereocenters. The molecule has 1 aliphatic rings. The molecule has 2 aromatic heterocycles. The molecule has 0 fully saturated rings. The Bertz CT molecular complexity index is 1010. The van der Waals surface area contributed by atoms with Crippen LogP contribution in [0.3, 0.4) is 0 Å². The van der Waals surface area contributed by atoms with Gasteiger partial charge in [0.1, 0.15) is 11.6 Å². The number of aromatic nitrogens is 3. The molecule has 1 unspecified atom stereocenters. The predicted molar refractivity (Wildman–Crippen MR) is 89.1 cm³/mol. The lowest BCUT2D eigenvalue weighted by molar-refractivity contribution is -0.138. The zero-order valence-electron chi connectivity index (χ0n) is 14.2. The van der Waals surface area contributed by atoms with Gasteiger partial charge in [-0.15, -0.1) is 0 Å². The van der Waals surface area contributed by atoms with Crippen LogP contribution >= 0.6 is 0 Å². The number of nitrogens with one attached hydrogen (secondary N) is 1. The van der Waals surface area contributed by atoms with Crippen molar-refractivity contribution < 1.29 is 22.5 Å². The van der Waals surface area contributed by atoms with Crippen molar-refractivity contribution in [1.82, 2.24) is 14.9 Å². The van der Waals surface area contributed by atoms with Gasteiger partial charge in [0.2, 0.25) is 5.91 Å². The minimum atomic E-state index is -4.47. The fourth-order valence-electron chi connectivity index (χ4n) is 3.29. The molecule has 0 radical (unpaired) electrons. The zero-order valence-corrected chi connectivity index (χ0v) is 14.2. The summed E-state index contributed by atoms with van der Waals surface area (Å²) in [6.45, 7) is 1.65. The first-order chi connectivity index (χ1) is 12.8. The summed E-state index contributed by atoms with van der Waals surface area (Å²) < 4.78 is 46.4. The van der Waals surface area contributed by atoms with Crippen molar-refractivity contribution in [3.63, 3.8) is 0 Å². The van der Waals surface area contributed by atoms with Crippen molar-refractivity contribution in [2.24, 2.45) is 0 Å². The number of rotatable bonds is 3. The molecule has 1 aromatic carbocycles. The normalized spacial score (nSPS) is 16.9. The molecule has 0 bridgehead atoms. The molecule has 6 nitrogen and oxygen atoms in total. The number of aryl methyl sites for hydroxylation is 1. The molecule has 1 amide bonds. The Morgan fingerprint density at radius 1 is 1.33 bits per heavy atom. The van der Waals surface area contributed by atoms with Crippen LogP contribution in [0.25, 0.3) is 0 Å². The second kappa shape index (κ2) is 6.26. The molecule has 9 heteroatoms. The van der Waals surface area contributed by atoms with Crippen LogP contribution in [0, 0.1) is 6.92 Å². The van der Waals surface area contributed by atoms with Crippen molar-refractivity contribution >= 4 is 11.7 Å². The van der Waals surface area contributed by atoms with Gasteiger partial charge in [-0.2, -0.15) is 18.3 Å². The number of alkyl halides is 3. The third kappa shape index (κ3) is 3.20. The molecular weight excluding hydrogens is 361 g/mol. The largest absolute Gasteiger partial charge is 0.416 e. The van der Waals surface area contributed by atoms with Crippen molar-refractivity contribution in [1.29, 1.82) is 0 Å². The van der Waals surface area contributed by atoms with E-state index < -0.39 is 11.7 Å². The Kier molecular flexibility index (Phi) is 4.01. The maximum atomic E-state index is 13.2. The Morgan fingerprint density at radius 2 is 2.11 bits per heavy atom. The summed E-state index contributed by atoms with van der Waals surface area (Å²) >= 11 is 0. The van der Waals surface area contributed by atoms with E-state index in [1.54, 1.807) is 25.3 Å². The zero-order chi connectivity index (χ0) is 19.2. The molecule has 27 heavy (non-hydrogen) atoms. The first kappa shape index (κ1) is 17.3. The van der Waals surface area contributed by atoms with Gasteiger partial charge in [-0.25, -0.2) is 4.68 Å². The van der Waals surface area contributed by atoms with Crippen LogP contribution in [0.1, 0.15) is 40.5 Å². The second-order valence-corrected chi connectivity index (χ2v) is 6.44. The Hall–Kier alpha value is -3.10. The van der Waals surface area contributed by atoms with Crippen molar-refractivity contribution in [2.75, 3.05) is 5.32 Å². The number of benzene rings is 1. The van der Waals surface area contributed by atoms with Crippen LogP contribution < -0.4 is 5.32 Å². The van der Waals surface area contributed by atoms with E-state index in [4.69, 9.17) is 4.52 Å². The van der Waals surface area contributed by atoms with Crippen LogP contribution in [0.4, 0.5) is 19.0 Å². The van der Waals surface area contributed by atoms with Crippen LogP contribution in [0.2, 0.25) is 0 Å². The van der Waals surface area contributed by atoms with Gasteiger partial charge in [-0.05, 0) is 18.6 Å². The lowest BCUT2D eigenvalue weighted by Crippen LogP contribution is -2.25. The molecule has 3 aromatic rings. The fourth-order valence-corrected chi connectivity index (χ4v) is 3.29. The molecule has 0 saturated carbocycles. The van der Waals surface area contributed by atoms with Crippen molar-refractivity contribution in [3.8, 4) is 0 Å². The maximum Gasteiger partial charge on any atom is 0.416 e. The summed E-state index contributed by atoms with van der Waals surface area (Å²) in [6, 6.07) is 7.06. The van der Waals surface area contributed by atoms with Crippen LogP contribution in [0.15, 0.2) is 41.1 Å². The molecule has 0 aliphatic carbocycles. The van der Waals surface area contributed by atoms with Crippen LogP contribution in [-0.4, -0.2) is 20.8 Å². The number of halogens is 3. The summed E-state index contributed by atoms with van der Waals surface area (Å²) in [5.74, 6) is 0.273. The average molecular weight is 376 g/mol. The number of fused-ring (bicyclic) bond motifs is 1. The highest BCUT2D eigenvalue weighted by Crippen LogP contribution is 2.38. The van der Waals surface area contributed by atoms with Gasteiger partial charge in [-0.1, -0.05) is 23.4 Å². The predicted octanol–water partition coefficient (Wildman–Crippen LogP) is 3.72. The van der Waals surface area contributed by atoms with E-state index in [2.05, 4.69) is 15.6 Å². The van der Waals surface area contributed by atoms with Crippen LogP contribution in [0.5, 0.6) is 0 Å². The van der Waals surface area contributed by atoms with Gasteiger partial charge in [0.25, 0.3) is 0 Å². The third-order valence-corrected chi connectivity index (χ3v) is 4.52. The summed E-state index contributed by atoms with van der Waals surface area (Å²) in [5, 5.41) is 10.8. The van der Waals surface area contributed by atoms with E-state index in [0.717, 1.165) is 6.07 Å². The van der Waals surface area contributed by atoms with Crippen molar-refractivity contribution in [2.45, 2.75) is 32.0 Å². The number of nitrogens with zero attached hydrogens (tertiary/aromatic N) is 3. The number of amides is 1. The summed E-state index contributed by atoms with van der Waals surface area (Å²) in [4.78, 5) is 12.2. The lowest BCUT2D eigenvalue weighted by Gasteiger charge is -2.22. The Balaban J connectivity index is 1.72.